The quantitative estimate of drug-likeness (QED) is 0.741. The highest BCUT2D eigenvalue weighted by Crippen LogP contribution is 2.24. The van der Waals surface area contributed by atoms with Crippen molar-refractivity contribution in [1.29, 1.82) is 0 Å². The first-order chi connectivity index (χ1) is 11.6. The summed E-state index contributed by atoms with van der Waals surface area (Å²) in [7, 11) is 0. The van der Waals surface area contributed by atoms with Crippen LogP contribution in [0, 0.1) is 11.6 Å². The van der Waals surface area contributed by atoms with E-state index in [1.807, 2.05) is 29.1 Å². The van der Waals surface area contributed by atoms with Crippen LogP contribution in [0.2, 0.25) is 0 Å². The van der Waals surface area contributed by atoms with Crippen LogP contribution in [0.4, 0.5) is 14.5 Å². The summed E-state index contributed by atoms with van der Waals surface area (Å²) in [4.78, 5) is 12.3. The van der Waals surface area contributed by atoms with Gasteiger partial charge in [0.15, 0.2) is 0 Å². The Balaban J connectivity index is 1.79. The third kappa shape index (κ3) is 3.87. The number of hydrogen-bond donors (Lipinski definition) is 1. The third-order valence-electron chi connectivity index (χ3n) is 3.73. The maximum atomic E-state index is 13.5. The molecule has 122 valence electrons. The fourth-order valence-corrected chi connectivity index (χ4v) is 2.59. The van der Waals surface area contributed by atoms with Crippen LogP contribution in [0.3, 0.4) is 0 Å². The van der Waals surface area contributed by atoms with E-state index in [0.29, 0.717) is 11.3 Å². The number of nitrogens with one attached hydrogen (secondary N) is 1. The minimum atomic E-state index is -0.363. The summed E-state index contributed by atoms with van der Waals surface area (Å²) in [6, 6.07) is 15.2. The summed E-state index contributed by atoms with van der Waals surface area (Å²) in [6.07, 6.45) is 3.80. The van der Waals surface area contributed by atoms with Gasteiger partial charge in [0.2, 0.25) is 5.91 Å². The van der Waals surface area contributed by atoms with Crippen LogP contribution < -0.4 is 5.32 Å². The maximum absolute atomic E-state index is 13.5. The molecule has 0 radical (unpaired) electrons. The molecule has 1 heterocycles. The smallest absolute Gasteiger partial charge is 0.226 e. The summed E-state index contributed by atoms with van der Waals surface area (Å²) in [6.45, 7) is 0. The molecular weight excluding hydrogens is 310 g/mol. The van der Waals surface area contributed by atoms with Gasteiger partial charge in [0.05, 0.1) is 12.5 Å². The van der Waals surface area contributed by atoms with Gasteiger partial charge in [-0.15, -0.1) is 0 Å². The van der Waals surface area contributed by atoms with Crippen molar-refractivity contribution in [2.75, 3.05) is 5.32 Å². The van der Waals surface area contributed by atoms with Crippen LogP contribution in [0.5, 0.6) is 0 Å². The number of carbonyl (C=O) groups is 1. The zero-order valence-corrected chi connectivity index (χ0v) is 12.8. The number of amides is 1. The van der Waals surface area contributed by atoms with Crippen molar-refractivity contribution >= 4 is 11.6 Å². The van der Waals surface area contributed by atoms with E-state index in [9.17, 15) is 13.6 Å². The number of aromatic nitrogens is 1. The lowest BCUT2D eigenvalue weighted by Crippen LogP contribution is -2.19. The van der Waals surface area contributed by atoms with Crippen LogP contribution in [0.1, 0.15) is 18.0 Å². The predicted octanol–water partition coefficient (Wildman–Crippen LogP) is 4.38. The lowest BCUT2D eigenvalue weighted by Gasteiger charge is -2.19. The Labute approximate surface area is 138 Å². The monoisotopic (exact) mass is 326 g/mol. The summed E-state index contributed by atoms with van der Waals surface area (Å²) in [5.41, 5.74) is 1.23. The maximum Gasteiger partial charge on any atom is 0.226 e. The normalized spacial score (nSPS) is 11.9. The van der Waals surface area contributed by atoms with Gasteiger partial charge in [0.25, 0.3) is 0 Å². The van der Waals surface area contributed by atoms with Crippen molar-refractivity contribution in [2.24, 2.45) is 0 Å². The van der Waals surface area contributed by atoms with Crippen molar-refractivity contribution in [3.05, 3.63) is 90.3 Å². The van der Waals surface area contributed by atoms with Gasteiger partial charge in [-0.2, -0.15) is 0 Å². The molecule has 3 aromatic rings. The van der Waals surface area contributed by atoms with Gasteiger partial charge in [0, 0.05) is 18.1 Å². The molecule has 2 aromatic carbocycles. The summed E-state index contributed by atoms with van der Waals surface area (Å²) < 4.78 is 28.3. The average Bonchev–Trinajstić information content (AvgIpc) is 3.09. The van der Waals surface area contributed by atoms with Crippen LogP contribution in [0.15, 0.2) is 73.1 Å². The molecule has 0 fully saturated rings. The van der Waals surface area contributed by atoms with E-state index in [1.54, 1.807) is 12.1 Å². The Morgan fingerprint density at radius 1 is 0.958 bits per heavy atom. The predicted molar refractivity (Wildman–Crippen MR) is 88.6 cm³/mol. The number of carbonyl (C=O) groups excluding carboxylic acids is 1. The molecule has 3 rings (SSSR count). The molecule has 5 heteroatoms. The molecule has 1 N–H and O–H groups in total. The number of hydrogen-bond acceptors (Lipinski definition) is 1. The Hall–Kier alpha value is -2.95. The van der Waals surface area contributed by atoms with E-state index in [4.69, 9.17) is 0 Å². The van der Waals surface area contributed by atoms with Gasteiger partial charge >= 0.3 is 0 Å². The molecule has 0 aliphatic heterocycles. The first kappa shape index (κ1) is 15.9. The molecule has 0 bridgehead atoms. The standard InChI is InChI=1S/C19H16F2N2O/c20-15-6-8-17(9-7-15)22-19(24)13-18(23-10-1-2-11-23)14-4-3-5-16(21)12-14/h1-12,18H,13H2,(H,22,24)/t18-/m1/s1. The molecule has 0 unspecified atom stereocenters. The number of halogens is 2. The van der Waals surface area contributed by atoms with E-state index in [1.165, 1.54) is 36.4 Å². The number of rotatable bonds is 5. The second-order valence-electron chi connectivity index (χ2n) is 5.46. The summed E-state index contributed by atoms with van der Waals surface area (Å²) in [5, 5.41) is 2.73. The SMILES string of the molecule is O=C(C[C@H](c1cccc(F)c1)n1cccc1)Nc1ccc(F)cc1. The van der Waals surface area contributed by atoms with E-state index in [-0.39, 0.29) is 30.0 Å². The Bertz CT molecular complexity index is 814. The number of benzene rings is 2. The molecule has 3 nitrogen and oxygen atoms in total. The van der Waals surface area contributed by atoms with Gasteiger partial charge in [-0.05, 0) is 54.1 Å². The van der Waals surface area contributed by atoms with Crippen molar-refractivity contribution in [3.8, 4) is 0 Å². The molecule has 0 spiro atoms. The zero-order valence-electron chi connectivity index (χ0n) is 12.8. The van der Waals surface area contributed by atoms with Gasteiger partial charge in [-0.25, -0.2) is 8.78 Å². The largest absolute Gasteiger partial charge is 0.346 e. The van der Waals surface area contributed by atoms with Gasteiger partial charge < -0.3 is 9.88 Å². The highest BCUT2D eigenvalue weighted by Gasteiger charge is 2.18. The lowest BCUT2D eigenvalue weighted by atomic mass is 10.0. The van der Waals surface area contributed by atoms with Crippen LogP contribution in [0.25, 0.3) is 0 Å². The van der Waals surface area contributed by atoms with E-state index in [0.717, 1.165) is 0 Å². The Morgan fingerprint density at radius 3 is 2.33 bits per heavy atom. The van der Waals surface area contributed by atoms with E-state index >= 15 is 0 Å². The highest BCUT2D eigenvalue weighted by molar-refractivity contribution is 5.91. The number of nitrogens with zero attached hydrogens (tertiary/aromatic N) is 1. The highest BCUT2D eigenvalue weighted by atomic mass is 19.1. The molecule has 0 aliphatic carbocycles. The summed E-state index contributed by atoms with van der Waals surface area (Å²) >= 11 is 0. The molecule has 0 aliphatic rings. The van der Waals surface area contributed by atoms with Crippen molar-refractivity contribution < 1.29 is 13.6 Å². The van der Waals surface area contributed by atoms with Gasteiger partial charge in [-0.3, -0.25) is 4.79 Å². The topological polar surface area (TPSA) is 34.0 Å². The average molecular weight is 326 g/mol. The Kier molecular flexibility index (Phi) is 4.70. The Morgan fingerprint density at radius 2 is 1.67 bits per heavy atom. The van der Waals surface area contributed by atoms with Crippen molar-refractivity contribution in [2.45, 2.75) is 12.5 Å². The lowest BCUT2D eigenvalue weighted by molar-refractivity contribution is -0.116. The van der Waals surface area contributed by atoms with E-state index in [2.05, 4.69) is 5.32 Å². The molecule has 1 atom stereocenters. The zero-order chi connectivity index (χ0) is 16.9. The van der Waals surface area contributed by atoms with Gasteiger partial charge in [0.1, 0.15) is 11.6 Å². The molecule has 1 amide bonds. The van der Waals surface area contributed by atoms with E-state index < -0.39 is 0 Å². The van der Waals surface area contributed by atoms with Crippen LogP contribution >= 0.6 is 0 Å². The first-order valence-corrected chi connectivity index (χ1v) is 7.55. The first-order valence-electron chi connectivity index (χ1n) is 7.55. The molecule has 1 aromatic heterocycles. The van der Waals surface area contributed by atoms with Crippen LogP contribution in [-0.4, -0.2) is 10.5 Å². The third-order valence-corrected chi connectivity index (χ3v) is 3.73. The number of anilines is 1. The molecular formula is C19H16F2N2O. The molecule has 0 saturated carbocycles. The fraction of sp³-hybridized carbons (Fsp3) is 0.105. The van der Waals surface area contributed by atoms with Crippen molar-refractivity contribution in [3.63, 3.8) is 0 Å². The second kappa shape index (κ2) is 7.08. The molecule has 0 saturated heterocycles. The van der Waals surface area contributed by atoms with Crippen molar-refractivity contribution in [1.82, 2.24) is 4.57 Å². The minimum Gasteiger partial charge on any atom is -0.346 e. The van der Waals surface area contributed by atoms with Crippen LogP contribution in [-0.2, 0) is 4.79 Å². The molecule has 24 heavy (non-hydrogen) atoms. The minimum absolute atomic E-state index is 0.134. The second-order valence-corrected chi connectivity index (χ2v) is 5.46. The van der Waals surface area contributed by atoms with Gasteiger partial charge in [-0.1, -0.05) is 12.1 Å². The fourth-order valence-electron chi connectivity index (χ4n) is 2.59. The summed E-state index contributed by atoms with van der Waals surface area (Å²) in [5.74, 6) is -0.939.